The third kappa shape index (κ3) is 9.09. The molecule has 1 heterocycles. The highest BCUT2D eigenvalue weighted by atomic mass is 32.2. The Bertz CT molecular complexity index is 982. The average molecular weight is 497 g/mol. The van der Waals surface area contributed by atoms with Crippen molar-refractivity contribution in [1.82, 2.24) is 9.80 Å². The van der Waals surface area contributed by atoms with E-state index in [1.807, 2.05) is 39.0 Å². The van der Waals surface area contributed by atoms with Gasteiger partial charge in [-0.15, -0.1) is 11.8 Å². The zero-order valence-electron chi connectivity index (χ0n) is 21.5. The number of hydrogen-bond acceptors (Lipinski definition) is 6. The first-order valence-electron chi connectivity index (χ1n) is 12.6. The summed E-state index contributed by atoms with van der Waals surface area (Å²) >= 11 is 1.24. The number of anilines is 1. The minimum Gasteiger partial charge on any atom is -0.383 e. The van der Waals surface area contributed by atoms with Crippen LogP contribution in [0, 0.1) is 23.2 Å². The summed E-state index contributed by atoms with van der Waals surface area (Å²) in [5, 5.41) is 12.5. The molecule has 1 amide bonds. The molecule has 35 heavy (non-hydrogen) atoms. The van der Waals surface area contributed by atoms with Gasteiger partial charge in [0.05, 0.1) is 5.25 Å². The fraction of sp³-hybridized carbons (Fsp3) is 0.536. The van der Waals surface area contributed by atoms with Gasteiger partial charge in [0, 0.05) is 44.6 Å². The molecule has 1 saturated heterocycles. The summed E-state index contributed by atoms with van der Waals surface area (Å²) in [6.07, 6.45) is 4.23. The van der Waals surface area contributed by atoms with Crippen molar-refractivity contribution in [2.75, 3.05) is 44.6 Å². The van der Waals surface area contributed by atoms with Gasteiger partial charge in [0.1, 0.15) is 11.6 Å². The van der Waals surface area contributed by atoms with Gasteiger partial charge in [0.2, 0.25) is 5.78 Å². The number of Topliss-reactive ketones (excluding diaryl/α,β-unsaturated/α-hetero) is 1. The molecule has 190 valence electrons. The summed E-state index contributed by atoms with van der Waals surface area (Å²) < 4.78 is 0. The Balaban J connectivity index is 0.00000648. The Morgan fingerprint density at radius 3 is 2.40 bits per heavy atom. The van der Waals surface area contributed by atoms with Gasteiger partial charge in [-0.3, -0.25) is 9.59 Å². The van der Waals surface area contributed by atoms with E-state index >= 15 is 0 Å². The van der Waals surface area contributed by atoms with E-state index in [1.165, 1.54) is 43.3 Å². The van der Waals surface area contributed by atoms with E-state index in [4.69, 9.17) is 0 Å². The zero-order chi connectivity index (χ0) is 25.6. The second kappa shape index (κ2) is 15.3. The van der Waals surface area contributed by atoms with Crippen molar-refractivity contribution < 1.29 is 11.0 Å². The summed E-state index contributed by atoms with van der Waals surface area (Å²) in [5.41, 5.74) is 2.31. The van der Waals surface area contributed by atoms with E-state index in [-0.39, 0.29) is 18.7 Å². The van der Waals surface area contributed by atoms with Crippen molar-refractivity contribution in [3.05, 3.63) is 40.3 Å². The summed E-state index contributed by atoms with van der Waals surface area (Å²) in [6.45, 7) is 12.3. The van der Waals surface area contributed by atoms with Gasteiger partial charge in [-0.05, 0) is 76.7 Å². The molecule has 0 saturated carbocycles. The fourth-order valence-electron chi connectivity index (χ4n) is 3.96. The lowest BCUT2D eigenvalue weighted by molar-refractivity contribution is -0.126. The van der Waals surface area contributed by atoms with Crippen molar-refractivity contribution in [1.29, 1.82) is 5.26 Å². The molecule has 0 aromatic heterocycles. The Hall–Kier alpha value is -2.74. The second-order valence-corrected chi connectivity index (χ2v) is 9.94. The van der Waals surface area contributed by atoms with Crippen LogP contribution in [0.2, 0.25) is 0 Å². The minimum atomic E-state index is -0.531. The van der Waals surface area contributed by atoms with Gasteiger partial charge in [0.25, 0.3) is 5.91 Å². The molecule has 1 aromatic carbocycles. The highest BCUT2D eigenvalue weighted by Gasteiger charge is 2.23. The van der Waals surface area contributed by atoms with E-state index in [1.54, 1.807) is 11.8 Å². The third-order valence-corrected chi connectivity index (χ3v) is 7.31. The van der Waals surface area contributed by atoms with Crippen LogP contribution >= 0.6 is 11.8 Å². The molecule has 1 atom stereocenters. The van der Waals surface area contributed by atoms with E-state index in [0.717, 1.165) is 18.7 Å². The molecule has 0 spiro atoms. The standard InChI is InChI=1S/C28H38N4O2S.H2/c1-5-8-11-26(33)27(35-22(4)25(20-29)28(34)32(6-2)7-3)21-30-24-14-12-23(13-15-24)16-19-31-17-9-10-18-31;/h12-15,27,30H,5-7,9-10,16-19,21H2,1-4H3;1H/b25-22-;. The Kier molecular flexibility index (Phi) is 12.5. The maximum Gasteiger partial charge on any atom is 0.265 e. The number of carbonyl (C=O) groups is 2. The molecule has 1 fully saturated rings. The predicted molar refractivity (Wildman–Crippen MR) is 147 cm³/mol. The number of likely N-dealkylation sites (N-methyl/N-ethyl adjacent to an activating group) is 1. The molecule has 1 aromatic rings. The van der Waals surface area contributed by atoms with Gasteiger partial charge >= 0.3 is 0 Å². The van der Waals surface area contributed by atoms with Gasteiger partial charge in [-0.25, -0.2) is 0 Å². The molecule has 1 unspecified atom stereocenters. The highest BCUT2D eigenvalue weighted by Crippen LogP contribution is 2.27. The van der Waals surface area contributed by atoms with E-state index in [2.05, 4.69) is 34.2 Å². The van der Waals surface area contributed by atoms with E-state index < -0.39 is 5.25 Å². The molecule has 1 aliphatic rings. The SMILES string of the molecule is CCC#CC(=O)C(CNc1ccc(CCN2CCCC2)cc1)S/C(C)=C(/C#N)C(=O)N(CC)CC.[HH]. The van der Waals surface area contributed by atoms with Crippen LogP contribution < -0.4 is 5.32 Å². The van der Waals surface area contributed by atoms with Crippen LogP contribution in [0.5, 0.6) is 0 Å². The van der Waals surface area contributed by atoms with Gasteiger partial charge in [-0.1, -0.05) is 25.0 Å². The maximum atomic E-state index is 12.8. The highest BCUT2D eigenvalue weighted by molar-refractivity contribution is 8.04. The van der Waals surface area contributed by atoms with E-state index in [9.17, 15) is 14.9 Å². The molecule has 1 aliphatic heterocycles. The van der Waals surface area contributed by atoms with Crippen molar-refractivity contribution in [2.24, 2.45) is 0 Å². The van der Waals surface area contributed by atoms with Crippen molar-refractivity contribution in [3.63, 3.8) is 0 Å². The van der Waals surface area contributed by atoms with Crippen LogP contribution in [0.4, 0.5) is 5.69 Å². The number of allylic oxidation sites excluding steroid dienone is 1. The van der Waals surface area contributed by atoms with Crippen LogP contribution in [0.3, 0.4) is 0 Å². The Morgan fingerprint density at radius 2 is 1.83 bits per heavy atom. The molecule has 0 radical (unpaired) electrons. The smallest absolute Gasteiger partial charge is 0.265 e. The fourth-order valence-corrected chi connectivity index (χ4v) is 4.97. The molecule has 0 aliphatic carbocycles. The lowest BCUT2D eigenvalue weighted by Gasteiger charge is -2.20. The second-order valence-electron chi connectivity index (χ2n) is 8.52. The Labute approximate surface area is 216 Å². The average Bonchev–Trinajstić information content (AvgIpc) is 3.39. The third-order valence-electron chi connectivity index (χ3n) is 6.09. The number of nitrogens with zero attached hydrogens (tertiary/aromatic N) is 3. The number of likely N-dealkylation sites (tertiary alicyclic amines) is 1. The summed E-state index contributed by atoms with van der Waals surface area (Å²) in [7, 11) is 0. The number of ketones is 1. The number of nitriles is 1. The van der Waals surface area contributed by atoms with Gasteiger partial charge in [0.15, 0.2) is 0 Å². The quantitative estimate of drug-likeness (QED) is 0.195. The van der Waals surface area contributed by atoms with Crippen molar-refractivity contribution in [2.45, 2.75) is 58.6 Å². The van der Waals surface area contributed by atoms with Crippen LogP contribution in [0.1, 0.15) is 53.9 Å². The molecule has 7 heteroatoms. The maximum absolute atomic E-state index is 12.8. The van der Waals surface area contributed by atoms with Crippen LogP contribution in [0.15, 0.2) is 34.7 Å². The molecule has 2 rings (SSSR count). The summed E-state index contributed by atoms with van der Waals surface area (Å²) in [6, 6.07) is 10.4. The normalized spacial score (nSPS) is 14.8. The number of amides is 1. The first-order chi connectivity index (χ1) is 16.9. The zero-order valence-corrected chi connectivity index (χ0v) is 22.3. The Morgan fingerprint density at radius 1 is 1.17 bits per heavy atom. The number of nitrogens with one attached hydrogen (secondary N) is 1. The van der Waals surface area contributed by atoms with Crippen molar-refractivity contribution >= 4 is 29.1 Å². The molecule has 0 bridgehead atoms. The molecule has 6 nitrogen and oxygen atoms in total. The number of rotatable bonds is 12. The molecular weight excluding hydrogens is 456 g/mol. The van der Waals surface area contributed by atoms with Gasteiger partial charge in [-0.2, -0.15) is 5.26 Å². The largest absolute Gasteiger partial charge is 0.383 e. The first-order valence-corrected chi connectivity index (χ1v) is 13.5. The number of benzene rings is 1. The molecular formula is C28H40N4O2S. The minimum absolute atomic E-state index is 0. The number of thioether (sulfide) groups is 1. The van der Waals surface area contributed by atoms with Crippen molar-refractivity contribution in [3.8, 4) is 17.9 Å². The topological polar surface area (TPSA) is 76.4 Å². The van der Waals surface area contributed by atoms with E-state index in [0.29, 0.717) is 31.0 Å². The lowest BCUT2D eigenvalue weighted by Crippen LogP contribution is -2.32. The predicted octanol–water partition coefficient (Wildman–Crippen LogP) is 4.73. The number of hydrogen-bond donors (Lipinski definition) is 1. The summed E-state index contributed by atoms with van der Waals surface area (Å²) in [5.74, 6) is 5.04. The lowest BCUT2D eigenvalue weighted by atomic mass is 10.1. The van der Waals surface area contributed by atoms with Crippen LogP contribution in [0.25, 0.3) is 0 Å². The number of carbonyl (C=O) groups excluding carboxylic acids is 2. The van der Waals surface area contributed by atoms with Gasteiger partial charge < -0.3 is 15.1 Å². The van der Waals surface area contributed by atoms with Crippen LogP contribution in [-0.4, -0.2) is 66.0 Å². The monoisotopic (exact) mass is 496 g/mol. The molecule has 1 N–H and O–H groups in total. The van der Waals surface area contributed by atoms with Crippen LogP contribution in [-0.2, 0) is 16.0 Å². The first kappa shape index (κ1) is 28.5. The summed E-state index contributed by atoms with van der Waals surface area (Å²) in [4.78, 5) is 30.2.